The standard InChI is InChI=1S/C22H24BrN3O/c1-2-16-6-7-17-4-3-5-20(23)21(17)25-22(16)24-18-8-10-19(11-9-18)26-12-14-27-15-13-26/h3-5,7-11,16H,2,6,12-15H2,1H3. The Morgan fingerprint density at radius 2 is 1.93 bits per heavy atom. The summed E-state index contributed by atoms with van der Waals surface area (Å²) in [6.45, 7) is 5.69. The first-order valence-electron chi connectivity index (χ1n) is 9.59. The van der Waals surface area contributed by atoms with Crippen LogP contribution < -0.4 is 15.5 Å². The second-order valence-electron chi connectivity index (χ2n) is 6.92. The molecule has 0 radical (unpaired) electrons. The molecule has 2 heterocycles. The predicted octanol–water partition coefficient (Wildman–Crippen LogP) is 3.85. The highest BCUT2D eigenvalue weighted by Gasteiger charge is 2.16. The molecule has 0 aromatic heterocycles. The topological polar surface area (TPSA) is 37.2 Å². The Kier molecular flexibility index (Phi) is 5.69. The molecule has 27 heavy (non-hydrogen) atoms. The van der Waals surface area contributed by atoms with Gasteiger partial charge in [0.2, 0.25) is 0 Å². The molecular weight excluding hydrogens is 402 g/mol. The maximum atomic E-state index is 5.44. The lowest BCUT2D eigenvalue weighted by atomic mass is 10.0. The predicted molar refractivity (Wildman–Crippen MR) is 114 cm³/mol. The summed E-state index contributed by atoms with van der Waals surface area (Å²) in [4.78, 5) is 12.2. The van der Waals surface area contributed by atoms with E-state index in [0.717, 1.165) is 60.5 Å². The van der Waals surface area contributed by atoms with Crippen molar-refractivity contribution in [3.63, 3.8) is 0 Å². The van der Waals surface area contributed by atoms with Gasteiger partial charge >= 0.3 is 0 Å². The molecule has 0 saturated carbocycles. The normalized spacial score (nSPS) is 21.2. The zero-order valence-electron chi connectivity index (χ0n) is 15.6. The van der Waals surface area contributed by atoms with Crippen LogP contribution >= 0.6 is 15.9 Å². The van der Waals surface area contributed by atoms with Crippen LogP contribution in [0.4, 0.5) is 11.4 Å². The van der Waals surface area contributed by atoms with E-state index < -0.39 is 0 Å². The number of aliphatic imine (C=N–C) groups is 1. The Bertz CT molecular complexity index is 947. The van der Waals surface area contributed by atoms with Crippen LogP contribution in [-0.2, 0) is 4.74 Å². The van der Waals surface area contributed by atoms with Crippen LogP contribution in [0.1, 0.15) is 19.8 Å². The van der Waals surface area contributed by atoms with Crippen molar-refractivity contribution in [2.75, 3.05) is 31.2 Å². The van der Waals surface area contributed by atoms with Gasteiger partial charge in [-0.1, -0.05) is 25.1 Å². The molecule has 0 amide bonds. The van der Waals surface area contributed by atoms with E-state index in [-0.39, 0.29) is 0 Å². The second kappa shape index (κ2) is 8.36. The Balaban J connectivity index is 1.68. The van der Waals surface area contributed by atoms with E-state index in [0.29, 0.717) is 5.92 Å². The molecule has 1 atom stereocenters. The first kappa shape index (κ1) is 18.4. The quantitative estimate of drug-likeness (QED) is 0.748. The maximum absolute atomic E-state index is 5.44. The zero-order valence-corrected chi connectivity index (χ0v) is 17.2. The maximum Gasteiger partial charge on any atom is 0.133 e. The number of fused-ring (bicyclic) bond motifs is 1. The summed E-state index contributed by atoms with van der Waals surface area (Å²) in [5, 5.41) is 2.16. The summed E-state index contributed by atoms with van der Waals surface area (Å²) in [7, 11) is 0. The molecule has 2 aromatic rings. The molecule has 0 bridgehead atoms. The summed E-state index contributed by atoms with van der Waals surface area (Å²) in [6.07, 6.45) is 4.27. The van der Waals surface area contributed by atoms with E-state index in [2.05, 4.69) is 70.2 Å². The molecule has 5 heteroatoms. The molecule has 0 spiro atoms. The van der Waals surface area contributed by atoms with Crippen LogP contribution in [0.3, 0.4) is 0 Å². The molecule has 4 nitrogen and oxygen atoms in total. The Morgan fingerprint density at radius 1 is 1.15 bits per heavy atom. The molecule has 0 N–H and O–H groups in total. The van der Waals surface area contributed by atoms with Crippen molar-refractivity contribution < 1.29 is 4.74 Å². The van der Waals surface area contributed by atoms with Crippen LogP contribution in [-0.4, -0.2) is 32.1 Å². The van der Waals surface area contributed by atoms with Gasteiger partial charge in [0.1, 0.15) is 5.84 Å². The second-order valence-corrected chi connectivity index (χ2v) is 7.77. The number of amidine groups is 1. The summed E-state index contributed by atoms with van der Waals surface area (Å²) >= 11 is 3.64. The summed E-state index contributed by atoms with van der Waals surface area (Å²) in [5.41, 5.74) is 2.19. The first-order chi connectivity index (χ1) is 13.2. The van der Waals surface area contributed by atoms with E-state index in [1.54, 1.807) is 0 Å². The van der Waals surface area contributed by atoms with Crippen molar-refractivity contribution in [1.82, 2.24) is 0 Å². The highest BCUT2D eigenvalue weighted by atomic mass is 79.9. The average Bonchev–Trinajstić information content (AvgIpc) is 2.89. The monoisotopic (exact) mass is 425 g/mol. The third kappa shape index (κ3) is 4.14. The van der Waals surface area contributed by atoms with Crippen LogP contribution in [0.15, 0.2) is 56.9 Å². The van der Waals surface area contributed by atoms with E-state index in [1.807, 2.05) is 6.07 Å². The van der Waals surface area contributed by atoms with Gasteiger partial charge in [0.25, 0.3) is 0 Å². The van der Waals surface area contributed by atoms with Gasteiger partial charge in [-0.25, -0.2) is 9.98 Å². The highest BCUT2D eigenvalue weighted by Crippen LogP contribution is 2.23. The fourth-order valence-corrected chi connectivity index (χ4v) is 4.02. The van der Waals surface area contributed by atoms with E-state index in [1.165, 1.54) is 10.9 Å². The minimum atomic E-state index is 0.336. The molecule has 2 aliphatic heterocycles. The van der Waals surface area contributed by atoms with Crippen molar-refractivity contribution in [3.8, 4) is 0 Å². The van der Waals surface area contributed by atoms with Crippen molar-refractivity contribution in [1.29, 1.82) is 0 Å². The summed E-state index contributed by atoms with van der Waals surface area (Å²) < 4.78 is 6.45. The molecule has 2 aromatic carbocycles. The summed E-state index contributed by atoms with van der Waals surface area (Å²) in [5.74, 6) is 1.25. The molecule has 0 aliphatic carbocycles. The lowest BCUT2D eigenvalue weighted by molar-refractivity contribution is 0.122. The Morgan fingerprint density at radius 3 is 2.67 bits per heavy atom. The average molecular weight is 426 g/mol. The number of para-hydroxylation sites is 1. The minimum absolute atomic E-state index is 0.336. The van der Waals surface area contributed by atoms with Gasteiger partial charge in [0.05, 0.1) is 24.3 Å². The van der Waals surface area contributed by atoms with Gasteiger partial charge in [-0.15, -0.1) is 0 Å². The van der Waals surface area contributed by atoms with Crippen molar-refractivity contribution in [3.05, 3.63) is 57.5 Å². The van der Waals surface area contributed by atoms with Crippen molar-refractivity contribution >= 4 is 39.2 Å². The molecule has 4 rings (SSSR count). The molecule has 1 fully saturated rings. The van der Waals surface area contributed by atoms with Gasteiger partial charge in [-0.05, 0) is 64.3 Å². The fourth-order valence-electron chi connectivity index (χ4n) is 3.55. The van der Waals surface area contributed by atoms with Crippen LogP contribution in [0.25, 0.3) is 6.08 Å². The lowest BCUT2D eigenvalue weighted by Gasteiger charge is -2.28. The van der Waals surface area contributed by atoms with E-state index in [4.69, 9.17) is 14.7 Å². The molecule has 2 aliphatic rings. The number of halogens is 1. The number of nitrogens with zero attached hydrogens (tertiary/aromatic N) is 3. The molecule has 1 saturated heterocycles. The minimum Gasteiger partial charge on any atom is -0.378 e. The number of ether oxygens (including phenoxy) is 1. The SMILES string of the molecule is CCC1CC=c2cccc(Br)c2=NC1=Nc1ccc(N2CCOCC2)cc1. The molecule has 140 valence electrons. The number of anilines is 1. The van der Waals surface area contributed by atoms with E-state index >= 15 is 0 Å². The Hall–Kier alpha value is -1.98. The van der Waals surface area contributed by atoms with Gasteiger partial charge in [0.15, 0.2) is 0 Å². The molecule has 1 unspecified atom stereocenters. The zero-order chi connectivity index (χ0) is 18.6. The van der Waals surface area contributed by atoms with Gasteiger partial charge in [0, 0.05) is 29.2 Å². The van der Waals surface area contributed by atoms with Gasteiger partial charge in [-0.2, -0.15) is 0 Å². The third-order valence-corrected chi connectivity index (χ3v) is 5.83. The van der Waals surface area contributed by atoms with Crippen molar-refractivity contribution in [2.24, 2.45) is 15.9 Å². The fraction of sp³-hybridized carbons (Fsp3) is 0.364. The van der Waals surface area contributed by atoms with Crippen LogP contribution in [0.2, 0.25) is 0 Å². The van der Waals surface area contributed by atoms with Gasteiger partial charge < -0.3 is 9.64 Å². The number of hydrogen-bond acceptors (Lipinski definition) is 3. The number of hydrogen-bond donors (Lipinski definition) is 0. The lowest BCUT2D eigenvalue weighted by Crippen LogP contribution is -2.36. The van der Waals surface area contributed by atoms with Crippen LogP contribution in [0, 0.1) is 5.92 Å². The third-order valence-electron chi connectivity index (χ3n) is 5.19. The molecular formula is C22H24BrN3O. The van der Waals surface area contributed by atoms with Crippen LogP contribution in [0.5, 0.6) is 0 Å². The smallest absolute Gasteiger partial charge is 0.133 e. The highest BCUT2D eigenvalue weighted by molar-refractivity contribution is 9.10. The van der Waals surface area contributed by atoms with E-state index in [9.17, 15) is 0 Å². The Labute approximate surface area is 168 Å². The number of rotatable bonds is 3. The largest absolute Gasteiger partial charge is 0.378 e. The summed E-state index contributed by atoms with van der Waals surface area (Å²) in [6, 6.07) is 14.7. The number of benzene rings is 2. The van der Waals surface area contributed by atoms with Crippen molar-refractivity contribution in [2.45, 2.75) is 19.8 Å². The number of morpholine rings is 1. The first-order valence-corrected chi connectivity index (χ1v) is 10.4. The van der Waals surface area contributed by atoms with Gasteiger partial charge in [-0.3, -0.25) is 0 Å².